The quantitative estimate of drug-likeness (QED) is 0.901. The second kappa shape index (κ2) is 5.14. The summed E-state index contributed by atoms with van der Waals surface area (Å²) in [4.78, 5) is 14.7. The fourth-order valence-corrected chi connectivity index (χ4v) is 3.11. The molecule has 19 heavy (non-hydrogen) atoms. The number of benzene rings is 1. The average molecular weight is 281 g/mol. The number of carbonyl (C=O) groups excluding carboxylic acids is 1. The van der Waals surface area contributed by atoms with Crippen molar-refractivity contribution in [2.75, 3.05) is 13.1 Å². The Morgan fingerprint density at radius 2 is 2.05 bits per heavy atom. The fourth-order valence-electron chi connectivity index (χ4n) is 3.11. The number of likely N-dealkylation sites (tertiary alicyclic amines) is 1. The number of halogens is 1. The van der Waals surface area contributed by atoms with E-state index in [2.05, 4.69) is 19.1 Å². The van der Waals surface area contributed by atoms with Crippen molar-refractivity contribution < 1.29 is 4.79 Å². The molecule has 1 aromatic carbocycles. The van der Waals surface area contributed by atoms with Gasteiger partial charge in [0.1, 0.15) is 0 Å². The Labute approximate surface area is 120 Å². The lowest BCUT2D eigenvalue weighted by molar-refractivity contribution is -0.132. The van der Waals surface area contributed by atoms with Crippen molar-refractivity contribution in [1.82, 2.24) is 4.90 Å². The number of carbonyl (C=O) groups is 1. The molecule has 1 aliphatic heterocycles. The lowest BCUT2D eigenvalue weighted by atomic mass is 9.90. The number of aryl methyl sites for hydroxylation is 1. The molecule has 1 unspecified atom stereocenters. The van der Waals surface area contributed by atoms with Crippen LogP contribution in [0.3, 0.4) is 0 Å². The van der Waals surface area contributed by atoms with E-state index in [1.807, 2.05) is 17.0 Å². The van der Waals surface area contributed by atoms with E-state index in [4.69, 9.17) is 5.73 Å². The minimum atomic E-state index is -0.227. The lowest BCUT2D eigenvalue weighted by Crippen LogP contribution is -2.39. The van der Waals surface area contributed by atoms with Gasteiger partial charge in [-0.25, -0.2) is 0 Å². The molecular weight excluding hydrogens is 260 g/mol. The summed E-state index contributed by atoms with van der Waals surface area (Å²) in [5, 5.41) is 0. The molecule has 1 heterocycles. The summed E-state index contributed by atoms with van der Waals surface area (Å²) >= 11 is 0. The van der Waals surface area contributed by atoms with Crippen LogP contribution in [0.1, 0.15) is 30.4 Å². The van der Waals surface area contributed by atoms with Crippen LogP contribution in [-0.2, 0) is 10.2 Å². The van der Waals surface area contributed by atoms with Gasteiger partial charge in [-0.2, -0.15) is 0 Å². The molecule has 4 heteroatoms. The van der Waals surface area contributed by atoms with E-state index in [0.29, 0.717) is 5.91 Å². The van der Waals surface area contributed by atoms with Gasteiger partial charge in [-0.15, -0.1) is 12.4 Å². The van der Waals surface area contributed by atoms with Crippen LogP contribution in [0.5, 0.6) is 0 Å². The van der Waals surface area contributed by atoms with E-state index in [0.717, 1.165) is 32.4 Å². The maximum Gasteiger partial charge on any atom is 0.233 e. The minimum Gasteiger partial charge on any atom is -0.340 e. The van der Waals surface area contributed by atoms with Crippen molar-refractivity contribution in [3.05, 3.63) is 35.4 Å². The Morgan fingerprint density at radius 3 is 2.58 bits per heavy atom. The molecule has 2 N–H and O–H groups in total. The summed E-state index contributed by atoms with van der Waals surface area (Å²) in [6.45, 7) is 3.65. The van der Waals surface area contributed by atoms with Crippen LogP contribution < -0.4 is 5.73 Å². The van der Waals surface area contributed by atoms with Gasteiger partial charge in [0.2, 0.25) is 5.91 Å². The first-order chi connectivity index (χ1) is 8.63. The second-order valence-corrected chi connectivity index (χ2v) is 5.70. The molecule has 104 valence electrons. The highest BCUT2D eigenvalue weighted by atomic mass is 35.5. The molecule has 3 nitrogen and oxygen atoms in total. The van der Waals surface area contributed by atoms with Crippen molar-refractivity contribution in [2.45, 2.75) is 37.6 Å². The highest BCUT2D eigenvalue weighted by molar-refractivity contribution is 5.92. The molecule has 2 fully saturated rings. The topological polar surface area (TPSA) is 46.3 Å². The molecule has 1 saturated carbocycles. The summed E-state index contributed by atoms with van der Waals surface area (Å²) in [6.07, 6.45) is 2.92. The van der Waals surface area contributed by atoms with Gasteiger partial charge in [0, 0.05) is 19.1 Å². The largest absolute Gasteiger partial charge is 0.340 e. The van der Waals surface area contributed by atoms with Crippen LogP contribution in [0.4, 0.5) is 0 Å². The zero-order valence-electron chi connectivity index (χ0n) is 11.3. The zero-order valence-corrected chi connectivity index (χ0v) is 12.1. The van der Waals surface area contributed by atoms with E-state index in [9.17, 15) is 4.79 Å². The number of nitrogens with zero attached hydrogens (tertiary/aromatic N) is 1. The number of hydrogen-bond acceptors (Lipinski definition) is 2. The van der Waals surface area contributed by atoms with Crippen LogP contribution in [0, 0.1) is 6.92 Å². The van der Waals surface area contributed by atoms with Crippen molar-refractivity contribution >= 4 is 18.3 Å². The minimum absolute atomic E-state index is 0. The van der Waals surface area contributed by atoms with Crippen LogP contribution in [0.15, 0.2) is 24.3 Å². The van der Waals surface area contributed by atoms with Crippen molar-refractivity contribution in [3.63, 3.8) is 0 Å². The van der Waals surface area contributed by atoms with Gasteiger partial charge in [0.15, 0.2) is 0 Å². The number of nitrogens with two attached hydrogens (primary N) is 1. The smallest absolute Gasteiger partial charge is 0.233 e. The normalized spacial score (nSPS) is 23.9. The summed E-state index contributed by atoms with van der Waals surface area (Å²) < 4.78 is 0. The van der Waals surface area contributed by atoms with Gasteiger partial charge in [-0.3, -0.25) is 4.79 Å². The van der Waals surface area contributed by atoms with E-state index < -0.39 is 0 Å². The number of amides is 1. The summed E-state index contributed by atoms with van der Waals surface area (Å²) in [5.74, 6) is 0.296. The van der Waals surface area contributed by atoms with Gasteiger partial charge in [-0.05, 0) is 37.3 Å². The first-order valence-electron chi connectivity index (χ1n) is 6.74. The molecule has 0 bridgehead atoms. The predicted octanol–water partition coefficient (Wildman–Crippen LogP) is 2.01. The Kier molecular flexibility index (Phi) is 3.88. The van der Waals surface area contributed by atoms with E-state index >= 15 is 0 Å². The Balaban J connectivity index is 0.00000133. The van der Waals surface area contributed by atoms with Crippen molar-refractivity contribution in [2.24, 2.45) is 5.73 Å². The predicted molar refractivity (Wildman–Crippen MR) is 78.5 cm³/mol. The zero-order chi connectivity index (χ0) is 12.8. The van der Waals surface area contributed by atoms with Gasteiger partial charge >= 0.3 is 0 Å². The van der Waals surface area contributed by atoms with Crippen molar-refractivity contribution in [3.8, 4) is 0 Å². The maximum atomic E-state index is 12.7. The van der Waals surface area contributed by atoms with Gasteiger partial charge in [-0.1, -0.05) is 24.3 Å². The molecule has 2 aliphatic rings. The fraction of sp³-hybridized carbons (Fsp3) is 0.533. The Morgan fingerprint density at radius 1 is 1.37 bits per heavy atom. The molecule has 1 aromatic rings. The van der Waals surface area contributed by atoms with Crippen LogP contribution in [-0.4, -0.2) is 29.9 Å². The SMILES string of the molecule is Cc1ccccc1C1(C(=O)N2CCC(N)C2)CC1.Cl. The standard InChI is InChI=1S/C15H20N2O.ClH/c1-11-4-2-3-5-13(11)15(7-8-15)14(18)17-9-6-12(16)10-17;/h2-5,12H,6-10,16H2,1H3;1H. The summed E-state index contributed by atoms with van der Waals surface area (Å²) in [6, 6.07) is 8.44. The molecule has 1 atom stereocenters. The van der Waals surface area contributed by atoms with Crippen LogP contribution in [0.25, 0.3) is 0 Å². The third-order valence-corrected chi connectivity index (χ3v) is 4.33. The van der Waals surface area contributed by atoms with Gasteiger partial charge < -0.3 is 10.6 Å². The number of hydrogen-bond donors (Lipinski definition) is 1. The summed E-state index contributed by atoms with van der Waals surface area (Å²) in [7, 11) is 0. The van der Waals surface area contributed by atoms with E-state index in [1.54, 1.807) is 0 Å². The number of rotatable bonds is 2. The van der Waals surface area contributed by atoms with E-state index in [1.165, 1.54) is 11.1 Å². The average Bonchev–Trinajstić information content (AvgIpc) is 3.05. The van der Waals surface area contributed by atoms with E-state index in [-0.39, 0.29) is 23.9 Å². The monoisotopic (exact) mass is 280 g/mol. The second-order valence-electron chi connectivity index (χ2n) is 5.70. The van der Waals surface area contributed by atoms with Gasteiger partial charge in [0.05, 0.1) is 5.41 Å². The Bertz CT molecular complexity index is 485. The summed E-state index contributed by atoms with van der Waals surface area (Å²) in [5.41, 5.74) is 8.12. The van der Waals surface area contributed by atoms with Crippen LogP contribution in [0.2, 0.25) is 0 Å². The molecule has 0 aromatic heterocycles. The molecule has 0 radical (unpaired) electrons. The molecular formula is C15H21ClN2O. The molecule has 1 aliphatic carbocycles. The molecule has 3 rings (SSSR count). The first-order valence-corrected chi connectivity index (χ1v) is 6.74. The lowest BCUT2D eigenvalue weighted by Gasteiger charge is -2.24. The van der Waals surface area contributed by atoms with Crippen LogP contribution >= 0.6 is 12.4 Å². The maximum absolute atomic E-state index is 12.7. The third-order valence-electron chi connectivity index (χ3n) is 4.33. The molecule has 1 saturated heterocycles. The highest BCUT2D eigenvalue weighted by Gasteiger charge is 2.54. The first kappa shape index (κ1) is 14.4. The van der Waals surface area contributed by atoms with Crippen molar-refractivity contribution in [1.29, 1.82) is 0 Å². The Hall–Kier alpha value is -1.06. The molecule has 1 amide bonds. The third kappa shape index (κ3) is 2.37. The highest BCUT2D eigenvalue weighted by Crippen LogP contribution is 2.50. The van der Waals surface area contributed by atoms with Gasteiger partial charge in [0.25, 0.3) is 0 Å². The molecule has 0 spiro atoms.